The first-order chi connectivity index (χ1) is 8.36. The van der Waals surface area contributed by atoms with E-state index >= 15 is 0 Å². The highest BCUT2D eigenvalue weighted by Gasteiger charge is 2.48. The third-order valence-electron chi connectivity index (χ3n) is 4.12. The monoisotopic (exact) mass is 224 g/mol. The van der Waals surface area contributed by atoms with Crippen LogP contribution in [0.3, 0.4) is 0 Å². The summed E-state index contributed by atoms with van der Waals surface area (Å²) in [6.45, 7) is 0. The number of rotatable bonds is 0. The fourth-order valence-electron chi connectivity index (χ4n) is 3.43. The van der Waals surface area contributed by atoms with E-state index in [9.17, 15) is 5.11 Å². The smallest absolute Gasteiger partial charge is 0.192 e. The molecule has 0 fully saturated rings. The average molecular weight is 224 g/mol. The first-order valence-corrected chi connectivity index (χ1v) is 6.13. The summed E-state index contributed by atoms with van der Waals surface area (Å²) in [4.78, 5) is 0. The first-order valence-electron chi connectivity index (χ1n) is 6.13. The number of hydrogen-bond donors (Lipinski definition) is 1. The summed E-state index contributed by atoms with van der Waals surface area (Å²) < 4.78 is 2.32. The van der Waals surface area contributed by atoms with Crippen molar-refractivity contribution in [3.63, 3.8) is 0 Å². The zero-order valence-corrected chi connectivity index (χ0v) is 9.45. The number of pyridine rings is 1. The summed E-state index contributed by atoms with van der Waals surface area (Å²) in [6, 6.07) is 15.1. The lowest BCUT2D eigenvalue weighted by Gasteiger charge is -2.37. The van der Waals surface area contributed by atoms with E-state index in [1.165, 1.54) is 16.8 Å². The van der Waals surface area contributed by atoms with E-state index in [0.29, 0.717) is 6.04 Å². The summed E-state index contributed by atoms with van der Waals surface area (Å²) >= 11 is 0. The van der Waals surface area contributed by atoms with Crippen molar-refractivity contribution in [1.82, 2.24) is 0 Å². The average Bonchev–Trinajstić information content (AvgIpc) is 2.39. The van der Waals surface area contributed by atoms with Gasteiger partial charge in [-0.15, -0.1) is 0 Å². The molecule has 3 aliphatic rings. The van der Waals surface area contributed by atoms with E-state index in [4.69, 9.17) is 0 Å². The van der Waals surface area contributed by atoms with Crippen molar-refractivity contribution in [1.29, 1.82) is 0 Å². The second-order valence-electron chi connectivity index (χ2n) is 4.96. The van der Waals surface area contributed by atoms with Crippen LogP contribution in [-0.2, 0) is 0 Å². The SMILES string of the molecule is OC1CC2c3ccccc3C1c1cccc[n+]12. The normalized spacial score (nSPS) is 28.6. The van der Waals surface area contributed by atoms with Gasteiger partial charge in [-0.25, -0.2) is 0 Å². The third kappa shape index (κ3) is 1.11. The Labute approximate surface area is 100 Å². The molecule has 5 rings (SSSR count). The van der Waals surface area contributed by atoms with Crippen LogP contribution in [0.4, 0.5) is 0 Å². The molecule has 2 bridgehead atoms. The van der Waals surface area contributed by atoms with Gasteiger partial charge >= 0.3 is 0 Å². The Hall–Kier alpha value is -1.67. The Balaban J connectivity index is 2.04. The van der Waals surface area contributed by atoms with Crippen LogP contribution < -0.4 is 4.57 Å². The molecular formula is C15H14NO+. The number of aliphatic hydroxyl groups excluding tert-OH is 1. The van der Waals surface area contributed by atoms with E-state index in [1.54, 1.807) is 0 Å². The van der Waals surface area contributed by atoms with Crippen molar-refractivity contribution in [3.8, 4) is 0 Å². The van der Waals surface area contributed by atoms with Crippen molar-refractivity contribution in [3.05, 3.63) is 65.5 Å². The summed E-state index contributed by atoms with van der Waals surface area (Å²) in [5, 5.41) is 10.3. The van der Waals surface area contributed by atoms with Gasteiger partial charge in [0.15, 0.2) is 17.9 Å². The van der Waals surface area contributed by atoms with Crippen LogP contribution in [-0.4, -0.2) is 11.2 Å². The van der Waals surface area contributed by atoms with Gasteiger partial charge in [0.25, 0.3) is 0 Å². The molecule has 0 spiro atoms. The minimum Gasteiger partial charge on any atom is -0.392 e. The van der Waals surface area contributed by atoms with Gasteiger partial charge in [0.05, 0.1) is 12.0 Å². The van der Waals surface area contributed by atoms with Crippen LogP contribution in [0.5, 0.6) is 0 Å². The lowest BCUT2D eigenvalue weighted by atomic mass is 9.72. The molecule has 1 N–H and O–H groups in total. The lowest BCUT2D eigenvalue weighted by Crippen LogP contribution is -2.55. The van der Waals surface area contributed by atoms with Gasteiger partial charge in [-0.05, 0) is 5.56 Å². The molecule has 1 aromatic carbocycles. The molecule has 0 amide bonds. The van der Waals surface area contributed by atoms with Crippen LogP contribution >= 0.6 is 0 Å². The van der Waals surface area contributed by atoms with E-state index in [-0.39, 0.29) is 12.0 Å². The number of benzene rings is 1. The fourth-order valence-corrected chi connectivity index (χ4v) is 3.43. The van der Waals surface area contributed by atoms with E-state index in [0.717, 1.165) is 6.42 Å². The highest BCUT2D eigenvalue weighted by molar-refractivity contribution is 5.41. The highest BCUT2D eigenvalue weighted by atomic mass is 16.3. The summed E-state index contributed by atoms with van der Waals surface area (Å²) in [5.41, 5.74) is 3.93. The molecule has 3 unspecified atom stereocenters. The minimum atomic E-state index is -0.239. The van der Waals surface area contributed by atoms with Gasteiger partial charge in [-0.3, -0.25) is 0 Å². The molecule has 0 saturated heterocycles. The Bertz CT molecular complexity index is 545. The van der Waals surface area contributed by atoms with Crippen LogP contribution in [0.1, 0.15) is 35.2 Å². The molecule has 1 aliphatic carbocycles. The number of aromatic nitrogens is 1. The summed E-state index contributed by atoms with van der Waals surface area (Å²) in [5.74, 6) is 0.150. The number of hydrogen-bond acceptors (Lipinski definition) is 1. The zero-order chi connectivity index (χ0) is 11.4. The van der Waals surface area contributed by atoms with Gasteiger partial charge in [0.2, 0.25) is 0 Å². The van der Waals surface area contributed by atoms with Gasteiger partial charge in [0.1, 0.15) is 0 Å². The predicted octanol–water partition coefficient (Wildman–Crippen LogP) is 1.77. The Morgan fingerprint density at radius 3 is 2.65 bits per heavy atom. The van der Waals surface area contributed by atoms with Crippen molar-refractivity contribution >= 4 is 0 Å². The number of nitrogens with zero attached hydrogens (tertiary/aromatic N) is 1. The van der Waals surface area contributed by atoms with Crippen LogP contribution in [0.25, 0.3) is 0 Å². The molecule has 0 saturated carbocycles. The molecule has 17 heavy (non-hydrogen) atoms. The second-order valence-corrected chi connectivity index (χ2v) is 4.96. The zero-order valence-electron chi connectivity index (χ0n) is 9.45. The molecule has 2 aromatic rings. The maximum absolute atomic E-state index is 10.3. The molecule has 2 nitrogen and oxygen atoms in total. The summed E-state index contributed by atoms with van der Waals surface area (Å²) in [7, 11) is 0. The summed E-state index contributed by atoms with van der Waals surface area (Å²) in [6.07, 6.45) is 2.73. The number of aliphatic hydroxyl groups is 1. The van der Waals surface area contributed by atoms with E-state index in [2.05, 4.69) is 53.2 Å². The van der Waals surface area contributed by atoms with Crippen LogP contribution in [0, 0.1) is 0 Å². The molecule has 3 heterocycles. The molecule has 0 radical (unpaired) electrons. The lowest BCUT2D eigenvalue weighted by molar-refractivity contribution is -0.732. The Kier molecular flexibility index (Phi) is 1.75. The fraction of sp³-hybridized carbons (Fsp3) is 0.267. The number of fused-ring (bicyclic) bond motifs is 1. The third-order valence-corrected chi connectivity index (χ3v) is 4.12. The van der Waals surface area contributed by atoms with Crippen molar-refractivity contribution < 1.29 is 9.67 Å². The van der Waals surface area contributed by atoms with E-state index in [1.807, 2.05) is 0 Å². The molecule has 2 heteroatoms. The Morgan fingerprint density at radius 1 is 1.00 bits per heavy atom. The maximum Gasteiger partial charge on any atom is 0.192 e. The maximum atomic E-state index is 10.3. The van der Waals surface area contributed by atoms with Gasteiger partial charge < -0.3 is 5.11 Å². The largest absolute Gasteiger partial charge is 0.392 e. The second kappa shape index (κ2) is 3.17. The van der Waals surface area contributed by atoms with Gasteiger partial charge in [0, 0.05) is 24.1 Å². The molecular weight excluding hydrogens is 210 g/mol. The van der Waals surface area contributed by atoms with Crippen molar-refractivity contribution in [2.24, 2.45) is 0 Å². The predicted molar refractivity (Wildman–Crippen MR) is 63.7 cm³/mol. The highest BCUT2D eigenvalue weighted by Crippen LogP contribution is 2.44. The topological polar surface area (TPSA) is 24.1 Å². The molecule has 84 valence electrons. The molecule has 1 aromatic heterocycles. The standard InChI is InChI=1S/C15H14NO/c17-14-9-13-10-5-1-2-6-11(10)15(14)12-7-3-4-8-16(12)13/h1-8,13-15,17H,9H2/q+1. The van der Waals surface area contributed by atoms with Gasteiger partial charge in [-0.1, -0.05) is 30.3 Å². The van der Waals surface area contributed by atoms with Crippen LogP contribution in [0.15, 0.2) is 48.7 Å². The molecule has 2 aliphatic heterocycles. The van der Waals surface area contributed by atoms with Crippen molar-refractivity contribution in [2.75, 3.05) is 0 Å². The first kappa shape index (κ1) is 9.37. The quantitative estimate of drug-likeness (QED) is 0.678. The molecule has 3 atom stereocenters. The van der Waals surface area contributed by atoms with Gasteiger partial charge in [-0.2, -0.15) is 4.57 Å². The Morgan fingerprint density at radius 2 is 1.76 bits per heavy atom. The van der Waals surface area contributed by atoms with Crippen LogP contribution in [0.2, 0.25) is 0 Å². The van der Waals surface area contributed by atoms with Crippen molar-refractivity contribution in [2.45, 2.75) is 24.5 Å². The van der Waals surface area contributed by atoms with E-state index < -0.39 is 0 Å². The minimum absolute atomic E-state index is 0.150.